The third kappa shape index (κ3) is 3.83. The number of pyridine rings is 2. The molecule has 4 heterocycles. The van der Waals surface area contributed by atoms with E-state index in [9.17, 15) is 4.39 Å². The van der Waals surface area contributed by atoms with Gasteiger partial charge in [-0.25, -0.2) is 4.39 Å². The molecule has 0 bridgehead atoms. The van der Waals surface area contributed by atoms with E-state index >= 15 is 0 Å². The van der Waals surface area contributed by atoms with E-state index in [4.69, 9.17) is 23.2 Å². The van der Waals surface area contributed by atoms with Gasteiger partial charge >= 0.3 is 0 Å². The van der Waals surface area contributed by atoms with Crippen molar-refractivity contribution in [2.45, 2.75) is 13.0 Å². The molecule has 0 unspecified atom stereocenters. The van der Waals surface area contributed by atoms with E-state index in [0.29, 0.717) is 33.4 Å². The van der Waals surface area contributed by atoms with Crippen molar-refractivity contribution in [3.05, 3.63) is 93.7 Å². The standard InChI is InChI=1S/C25H17Cl2FN6/c26-16-5-14-3-13(1-2-22(14)30-10-16)4-17-7-19-24(12-29-17)33-34-25(19)32-9-15-6-18-20(27)11-31-23(18)8-21(15)28/h1-3,5-8,10-12,31H,4,9H2,(H2,32,33,34). The Morgan fingerprint density at radius 1 is 0.941 bits per heavy atom. The third-order valence-electron chi connectivity index (χ3n) is 5.85. The van der Waals surface area contributed by atoms with Crippen LogP contribution in [0.25, 0.3) is 32.7 Å². The fourth-order valence-corrected chi connectivity index (χ4v) is 4.51. The van der Waals surface area contributed by atoms with Gasteiger partial charge in [-0.15, -0.1) is 0 Å². The zero-order chi connectivity index (χ0) is 23.2. The van der Waals surface area contributed by atoms with Gasteiger partial charge in [-0.05, 0) is 42.0 Å². The molecule has 6 nitrogen and oxygen atoms in total. The fraction of sp³-hybridized carbons (Fsp3) is 0.0800. The average Bonchev–Trinajstić information content (AvgIpc) is 3.40. The molecule has 0 saturated carbocycles. The molecule has 34 heavy (non-hydrogen) atoms. The van der Waals surface area contributed by atoms with Gasteiger partial charge in [0.15, 0.2) is 5.82 Å². The van der Waals surface area contributed by atoms with Crippen molar-refractivity contribution < 1.29 is 4.39 Å². The number of hydrogen-bond donors (Lipinski definition) is 3. The first-order valence-corrected chi connectivity index (χ1v) is 11.4. The van der Waals surface area contributed by atoms with Crippen LogP contribution in [0, 0.1) is 5.82 Å². The van der Waals surface area contributed by atoms with Gasteiger partial charge in [0.25, 0.3) is 0 Å². The van der Waals surface area contributed by atoms with Gasteiger partial charge in [-0.1, -0.05) is 29.3 Å². The summed E-state index contributed by atoms with van der Waals surface area (Å²) in [4.78, 5) is 11.9. The van der Waals surface area contributed by atoms with Gasteiger partial charge in [-0.3, -0.25) is 15.1 Å². The first kappa shape index (κ1) is 20.9. The van der Waals surface area contributed by atoms with E-state index in [1.54, 1.807) is 24.7 Å². The van der Waals surface area contributed by atoms with Crippen LogP contribution in [0.4, 0.5) is 10.2 Å². The molecule has 0 aliphatic carbocycles. The molecule has 0 atom stereocenters. The summed E-state index contributed by atoms with van der Waals surface area (Å²) >= 11 is 12.3. The highest BCUT2D eigenvalue weighted by Crippen LogP contribution is 2.27. The summed E-state index contributed by atoms with van der Waals surface area (Å²) in [6.07, 6.45) is 5.69. The van der Waals surface area contributed by atoms with Crippen molar-refractivity contribution in [3.8, 4) is 0 Å². The molecule has 0 saturated heterocycles. The molecule has 4 aromatic heterocycles. The predicted molar refractivity (Wildman–Crippen MR) is 134 cm³/mol. The van der Waals surface area contributed by atoms with Crippen LogP contribution in [0.1, 0.15) is 16.8 Å². The maximum absolute atomic E-state index is 14.6. The Labute approximate surface area is 203 Å². The Balaban J connectivity index is 1.26. The number of aromatic amines is 2. The van der Waals surface area contributed by atoms with E-state index in [0.717, 1.165) is 38.4 Å². The zero-order valence-corrected chi connectivity index (χ0v) is 19.2. The minimum absolute atomic E-state index is 0.263. The molecule has 9 heteroatoms. The van der Waals surface area contributed by atoms with Gasteiger partial charge < -0.3 is 10.3 Å². The second-order valence-electron chi connectivity index (χ2n) is 8.13. The lowest BCUT2D eigenvalue weighted by atomic mass is 10.1. The molecule has 3 N–H and O–H groups in total. The molecular formula is C25H17Cl2FN6. The molecule has 0 radical (unpaired) electrons. The SMILES string of the molecule is Fc1cc2[nH]cc(Cl)c2cc1CNc1n[nH]c2cnc(Cc3ccc4ncc(Cl)cc4c3)cc12. The van der Waals surface area contributed by atoms with Crippen molar-refractivity contribution in [3.63, 3.8) is 0 Å². The molecular weight excluding hydrogens is 474 g/mol. The number of nitrogens with zero attached hydrogens (tertiary/aromatic N) is 3. The number of rotatable bonds is 5. The van der Waals surface area contributed by atoms with E-state index < -0.39 is 0 Å². The van der Waals surface area contributed by atoms with Crippen molar-refractivity contribution in [1.82, 2.24) is 25.1 Å². The Kier molecular flexibility index (Phi) is 5.08. The van der Waals surface area contributed by atoms with Crippen LogP contribution in [0.5, 0.6) is 0 Å². The number of aromatic nitrogens is 5. The third-order valence-corrected chi connectivity index (χ3v) is 6.37. The molecule has 0 aliphatic heterocycles. The van der Waals surface area contributed by atoms with Crippen LogP contribution in [0.3, 0.4) is 0 Å². The van der Waals surface area contributed by atoms with Crippen LogP contribution < -0.4 is 5.32 Å². The van der Waals surface area contributed by atoms with Crippen molar-refractivity contribution in [2.75, 3.05) is 5.32 Å². The summed E-state index contributed by atoms with van der Waals surface area (Å²) in [5, 5.41) is 14.4. The van der Waals surface area contributed by atoms with Gasteiger partial charge in [0, 0.05) is 58.3 Å². The van der Waals surface area contributed by atoms with Gasteiger partial charge in [0.2, 0.25) is 0 Å². The second kappa shape index (κ2) is 8.27. The highest BCUT2D eigenvalue weighted by Gasteiger charge is 2.12. The summed E-state index contributed by atoms with van der Waals surface area (Å²) in [6, 6.07) is 13.2. The minimum atomic E-state index is -0.313. The molecule has 0 fully saturated rings. The highest BCUT2D eigenvalue weighted by molar-refractivity contribution is 6.35. The van der Waals surface area contributed by atoms with E-state index in [-0.39, 0.29) is 12.4 Å². The molecule has 6 aromatic rings. The molecule has 0 aliphatic rings. The van der Waals surface area contributed by atoms with Crippen LogP contribution in [-0.2, 0) is 13.0 Å². The van der Waals surface area contributed by atoms with Crippen LogP contribution in [-0.4, -0.2) is 25.1 Å². The molecule has 6 rings (SSSR count). The van der Waals surface area contributed by atoms with Gasteiger partial charge in [0.1, 0.15) is 5.82 Å². The molecule has 0 amide bonds. The lowest BCUT2D eigenvalue weighted by Gasteiger charge is -2.07. The highest BCUT2D eigenvalue weighted by atomic mass is 35.5. The van der Waals surface area contributed by atoms with Crippen LogP contribution >= 0.6 is 23.2 Å². The Bertz CT molecular complexity index is 1690. The summed E-state index contributed by atoms with van der Waals surface area (Å²) in [5.74, 6) is 0.319. The maximum atomic E-state index is 14.6. The average molecular weight is 491 g/mol. The number of H-pyrrole nitrogens is 2. The van der Waals surface area contributed by atoms with E-state index in [1.807, 2.05) is 24.3 Å². The maximum Gasteiger partial charge on any atom is 0.156 e. The minimum Gasteiger partial charge on any atom is -0.364 e. The number of nitrogens with one attached hydrogen (secondary N) is 3. The van der Waals surface area contributed by atoms with Gasteiger partial charge in [-0.2, -0.15) is 5.10 Å². The summed E-state index contributed by atoms with van der Waals surface area (Å²) in [7, 11) is 0. The number of fused-ring (bicyclic) bond motifs is 3. The van der Waals surface area contributed by atoms with Crippen LogP contribution in [0.2, 0.25) is 10.0 Å². The lowest BCUT2D eigenvalue weighted by molar-refractivity contribution is 0.614. The van der Waals surface area contributed by atoms with Crippen molar-refractivity contribution in [1.29, 1.82) is 0 Å². The summed E-state index contributed by atoms with van der Waals surface area (Å²) in [5.41, 5.74) is 4.84. The van der Waals surface area contributed by atoms with Crippen molar-refractivity contribution >= 4 is 61.7 Å². The number of hydrogen-bond acceptors (Lipinski definition) is 4. The monoisotopic (exact) mass is 490 g/mol. The molecule has 168 valence electrons. The molecule has 2 aromatic carbocycles. The van der Waals surface area contributed by atoms with E-state index in [2.05, 4.69) is 36.5 Å². The topological polar surface area (TPSA) is 82.3 Å². The normalized spacial score (nSPS) is 11.6. The first-order chi connectivity index (χ1) is 16.5. The first-order valence-electron chi connectivity index (χ1n) is 10.6. The smallest absolute Gasteiger partial charge is 0.156 e. The number of anilines is 1. The fourth-order valence-electron chi connectivity index (χ4n) is 4.13. The predicted octanol–water partition coefficient (Wildman–Crippen LogP) is 6.64. The summed E-state index contributed by atoms with van der Waals surface area (Å²) in [6.45, 7) is 0.263. The zero-order valence-electron chi connectivity index (χ0n) is 17.7. The second-order valence-corrected chi connectivity index (χ2v) is 8.97. The number of halogens is 3. The van der Waals surface area contributed by atoms with Gasteiger partial charge in [0.05, 0.1) is 27.3 Å². The number of benzene rings is 2. The van der Waals surface area contributed by atoms with E-state index in [1.165, 1.54) is 6.07 Å². The Morgan fingerprint density at radius 2 is 1.85 bits per heavy atom. The largest absolute Gasteiger partial charge is 0.364 e. The Morgan fingerprint density at radius 3 is 2.76 bits per heavy atom. The molecule has 0 spiro atoms. The summed E-state index contributed by atoms with van der Waals surface area (Å²) < 4.78 is 14.6. The van der Waals surface area contributed by atoms with Crippen LogP contribution in [0.15, 0.2) is 61.1 Å². The quantitative estimate of drug-likeness (QED) is 0.253. The van der Waals surface area contributed by atoms with Crippen molar-refractivity contribution in [2.24, 2.45) is 0 Å². The Hall–Kier alpha value is -3.68. The lowest BCUT2D eigenvalue weighted by Crippen LogP contribution is -2.03.